The summed E-state index contributed by atoms with van der Waals surface area (Å²) in [5.41, 5.74) is 2.48. The molecule has 1 aromatic rings. The molecule has 2 heteroatoms. The van der Waals surface area contributed by atoms with Crippen LogP contribution in [0.2, 0.25) is 0 Å². The molecule has 0 fully saturated rings. The van der Waals surface area contributed by atoms with Gasteiger partial charge in [0.2, 0.25) is 0 Å². The third-order valence-corrected chi connectivity index (χ3v) is 4.72. The molecule has 1 aromatic carbocycles. The van der Waals surface area contributed by atoms with E-state index in [4.69, 9.17) is 23.2 Å². The maximum atomic E-state index is 6.26. The lowest BCUT2D eigenvalue weighted by Gasteiger charge is -2.33. The van der Waals surface area contributed by atoms with E-state index in [2.05, 4.69) is 45.0 Å². The average Bonchev–Trinajstić information content (AvgIpc) is 2.37. The lowest BCUT2D eigenvalue weighted by atomic mass is 9.76. The Kier molecular flexibility index (Phi) is 6.52. The molecule has 0 bridgehead atoms. The SMILES string of the molecule is CCCC(C)CC(CCl)(CCl)c1ccc(C)cc1. The first-order chi connectivity index (χ1) is 8.57. The highest BCUT2D eigenvalue weighted by Crippen LogP contribution is 2.35. The Labute approximate surface area is 122 Å². The van der Waals surface area contributed by atoms with Gasteiger partial charge in [0.25, 0.3) is 0 Å². The Morgan fingerprint density at radius 3 is 2.11 bits per heavy atom. The second-order valence-corrected chi connectivity index (χ2v) is 6.05. The first-order valence-corrected chi connectivity index (χ1v) is 7.84. The lowest BCUT2D eigenvalue weighted by Crippen LogP contribution is -2.32. The molecule has 0 saturated heterocycles. The standard InChI is InChI=1S/C16H24Cl2/c1-4-5-14(3)10-16(11-17,12-18)15-8-6-13(2)7-9-15/h6-9,14H,4-5,10-12H2,1-3H3. The zero-order chi connectivity index (χ0) is 13.6. The Morgan fingerprint density at radius 2 is 1.67 bits per heavy atom. The number of alkyl halides is 2. The normalized spacial score (nSPS) is 13.6. The molecule has 1 rings (SSSR count). The summed E-state index contributed by atoms with van der Waals surface area (Å²) in [5.74, 6) is 1.84. The molecule has 0 aromatic heterocycles. The zero-order valence-corrected chi connectivity index (χ0v) is 13.2. The zero-order valence-electron chi connectivity index (χ0n) is 11.7. The van der Waals surface area contributed by atoms with Gasteiger partial charge < -0.3 is 0 Å². The van der Waals surface area contributed by atoms with Crippen LogP contribution in [0.3, 0.4) is 0 Å². The number of hydrogen-bond acceptors (Lipinski definition) is 0. The van der Waals surface area contributed by atoms with Crippen LogP contribution in [0, 0.1) is 12.8 Å². The second kappa shape index (κ2) is 7.40. The lowest BCUT2D eigenvalue weighted by molar-refractivity contribution is 0.368. The minimum absolute atomic E-state index is 0.0780. The van der Waals surface area contributed by atoms with Gasteiger partial charge in [0.15, 0.2) is 0 Å². The van der Waals surface area contributed by atoms with Crippen LogP contribution in [0.25, 0.3) is 0 Å². The minimum Gasteiger partial charge on any atom is -0.126 e. The van der Waals surface area contributed by atoms with Gasteiger partial charge in [-0.05, 0) is 24.8 Å². The molecule has 0 nitrogen and oxygen atoms in total. The first kappa shape index (κ1) is 15.9. The van der Waals surface area contributed by atoms with Crippen molar-refractivity contribution in [2.75, 3.05) is 11.8 Å². The summed E-state index contributed by atoms with van der Waals surface area (Å²) < 4.78 is 0. The van der Waals surface area contributed by atoms with Crippen LogP contribution in [-0.4, -0.2) is 11.8 Å². The summed E-state index contributed by atoms with van der Waals surface area (Å²) in [6, 6.07) is 8.65. The number of halogens is 2. The molecule has 102 valence electrons. The van der Waals surface area contributed by atoms with E-state index in [1.165, 1.54) is 24.0 Å². The quantitative estimate of drug-likeness (QED) is 0.578. The van der Waals surface area contributed by atoms with Crippen molar-refractivity contribution in [3.05, 3.63) is 35.4 Å². The van der Waals surface area contributed by atoms with Gasteiger partial charge in [-0.25, -0.2) is 0 Å². The van der Waals surface area contributed by atoms with E-state index in [-0.39, 0.29) is 5.41 Å². The molecule has 0 aliphatic heterocycles. The second-order valence-electron chi connectivity index (χ2n) is 5.51. The summed E-state index contributed by atoms with van der Waals surface area (Å²) >= 11 is 12.5. The van der Waals surface area contributed by atoms with Gasteiger partial charge in [0.1, 0.15) is 0 Å². The first-order valence-electron chi connectivity index (χ1n) is 6.77. The van der Waals surface area contributed by atoms with Gasteiger partial charge >= 0.3 is 0 Å². The third kappa shape index (κ3) is 3.90. The summed E-state index contributed by atoms with van der Waals surface area (Å²) in [6.07, 6.45) is 3.52. The molecule has 0 saturated carbocycles. The molecule has 0 N–H and O–H groups in total. The van der Waals surface area contributed by atoms with E-state index in [9.17, 15) is 0 Å². The molecule has 1 atom stereocenters. The molecule has 1 unspecified atom stereocenters. The van der Waals surface area contributed by atoms with Crippen molar-refractivity contribution >= 4 is 23.2 Å². The number of hydrogen-bond donors (Lipinski definition) is 0. The van der Waals surface area contributed by atoms with Crippen LogP contribution in [0.4, 0.5) is 0 Å². The van der Waals surface area contributed by atoms with Crippen molar-refractivity contribution in [1.29, 1.82) is 0 Å². The van der Waals surface area contributed by atoms with Gasteiger partial charge in [0, 0.05) is 17.2 Å². The predicted octanol–water partition coefficient (Wildman–Crippen LogP) is 5.54. The van der Waals surface area contributed by atoms with Crippen LogP contribution in [0.1, 0.15) is 44.2 Å². The summed E-state index contributed by atoms with van der Waals surface area (Å²) in [5, 5.41) is 0. The Balaban J connectivity index is 2.95. The van der Waals surface area contributed by atoms with Crippen molar-refractivity contribution in [2.45, 2.75) is 45.4 Å². The molecular weight excluding hydrogens is 263 g/mol. The third-order valence-electron chi connectivity index (χ3n) is 3.70. The molecule has 0 spiro atoms. The maximum absolute atomic E-state index is 6.26. The predicted molar refractivity (Wildman–Crippen MR) is 83.0 cm³/mol. The monoisotopic (exact) mass is 286 g/mol. The molecule has 0 aliphatic rings. The van der Waals surface area contributed by atoms with E-state index in [1.807, 2.05) is 0 Å². The average molecular weight is 287 g/mol. The van der Waals surface area contributed by atoms with Crippen molar-refractivity contribution < 1.29 is 0 Å². The van der Waals surface area contributed by atoms with Crippen molar-refractivity contribution in [2.24, 2.45) is 5.92 Å². The number of benzene rings is 1. The number of aryl methyl sites for hydroxylation is 1. The van der Waals surface area contributed by atoms with Gasteiger partial charge in [-0.3, -0.25) is 0 Å². The van der Waals surface area contributed by atoms with Crippen molar-refractivity contribution in [1.82, 2.24) is 0 Å². The molecule has 0 amide bonds. The molecular formula is C16H24Cl2. The Bertz CT molecular complexity index is 339. The van der Waals surface area contributed by atoms with Crippen molar-refractivity contribution in [3.8, 4) is 0 Å². The fraction of sp³-hybridized carbons (Fsp3) is 0.625. The fourth-order valence-corrected chi connectivity index (χ4v) is 3.40. The van der Waals surface area contributed by atoms with Gasteiger partial charge in [-0.2, -0.15) is 0 Å². The van der Waals surface area contributed by atoms with Crippen molar-refractivity contribution in [3.63, 3.8) is 0 Å². The highest BCUT2D eigenvalue weighted by Gasteiger charge is 2.32. The summed E-state index contributed by atoms with van der Waals surface area (Å²) in [6.45, 7) is 6.63. The van der Waals surface area contributed by atoms with Crippen LogP contribution >= 0.6 is 23.2 Å². The van der Waals surface area contributed by atoms with Gasteiger partial charge in [-0.15, -0.1) is 23.2 Å². The summed E-state index contributed by atoms with van der Waals surface area (Å²) in [7, 11) is 0. The highest BCUT2D eigenvalue weighted by molar-refractivity contribution is 6.22. The molecule has 0 heterocycles. The van der Waals surface area contributed by atoms with E-state index >= 15 is 0 Å². The van der Waals surface area contributed by atoms with Crippen LogP contribution in [-0.2, 0) is 5.41 Å². The molecule has 0 aliphatic carbocycles. The Morgan fingerprint density at radius 1 is 1.11 bits per heavy atom. The fourth-order valence-electron chi connectivity index (χ4n) is 2.59. The van der Waals surface area contributed by atoms with Gasteiger partial charge in [0.05, 0.1) is 0 Å². The van der Waals surface area contributed by atoms with Gasteiger partial charge in [-0.1, -0.05) is 56.5 Å². The van der Waals surface area contributed by atoms with E-state index in [0.29, 0.717) is 17.7 Å². The number of rotatable bonds is 7. The highest BCUT2D eigenvalue weighted by atomic mass is 35.5. The maximum Gasteiger partial charge on any atom is 0.0332 e. The Hall–Kier alpha value is -0.200. The van der Waals surface area contributed by atoms with Crippen LogP contribution < -0.4 is 0 Å². The molecule has 0 radical (unpaired) electrons. The van der Waals surface area contributed by atoms with E-state index < -0.39 is 0 Å². The minimum atomic E-state index is -0.0780. The van der Waals surface area contributed by atoms with E-state index in [0.717, 1.165) is 6.42 Å². The summed E-state index contributed by atoms with van der Waals surface area (Å²) in [4.78, 5) is 0. The largest absolute Gasteiger partial charge is 0.126 e. The van der Waals surface area contributed by atoms with Crippen LogP contribution in [0.5, 0.6) is 0 Å². The topological polar surface area (TPSA) is 0 Å². The van der Waals surface area contributed by atoms with Crippen LogP contribution in [0.15, 0.2) is 24.3 Å². The van der Waals surface area contributed by atoms with E-state index in [1.54, 1.807) is 0 Å². The molecule has 18 heavy (non-hydrogen) atoms. The smallest absolute Gasteiger partial charge is 0.0332 e.